The van der Waals surface area contributed by atoms with Gasteiger partial charge in [0.15, 0.2) is 11.5 Å². The zero-order valence-corrected chi connectivity index (χ0v) is 13.7. The molecule has 23 heavy (non-hydrogen) atoms. The minimum absolute atomic E-state index is 0.168. The molecule has 0 aliphatic carbocycles. The van der Waals surface area contributed by atoms with Crippen molar-refractivity contribution in [3.8, 4) is 11.5 Å². The maximum absolute atomic E-state index is 12.2. The number of rotatable bonds is 7. The second kappa shape index (κ2) is 8.17. The largest absolute Gasteiger partial charge is 0.493 e. The highest BCUT2D eigenvalue weighted by atomic mass is 16.5. The van der Waals surface area contributed by atoms with Gasteiger partial charge in [-0.1, -0.05) is 19.1 Å². The molecule has 0 saturated carbocycles. The van der Waals surface area contributed by atoms with E-state index in [4.69, 9.17) is 9.47 Å². The minimum atomic E-state index is -0.205. The Morgan fingerprint density at radius 2 is 2.09 bits per heavy atom. The molecule has 1 heterocycles. The van der Waals surface area contributed by atoms with Crippen LogP contribution >= 0.6 is 0 Å². The molecule has 0 fully saturated rings. The fourth-order valence-electron chi connectivity index (χ4n) is 2.14. The number of nitrogens with one attached hydrogen (secondary N) is 1. The Labute approximate surface area is 136 Å². The van der Waals surface area contributed by atoms with E-state index in [1.807, 2.05) is 25.1 Å². The van der Waals surface area contributed by atoms with Gasteiger partial charge in [-0.2, -0.15) is 0 Å². The zero-order chi connectivity index (χ0) is 16.7. The molecule has 1 aromatic heterocycles. The predicted octanol–water partition coefficient (Wildman–Crippen LogP) is 3.37. The van der Waals surface area contributed by atoms with E-state index in [1.54, 1.807) is 31.5 Å². The van der Waals surface area contributed by atoms with Crippen molar-refractivity contribution in [2.75, 3.05) is 13.7 Å². The molecule has 1 atom stereocenters. The quantitative estimate of drug-likeness (QED) is 0.851. The zero-order valence-electron chi connectivity index (χ0n) is 13.7. The van der Waals surface area contributed by atoms with Crippen molar-refractivity contribution < 1.29 is 14.3 Å². The first kappa shape index (κ1) is 16.8. The maximum atomic E-state index is 12.2. The van der Waals surface area contributed by atoms with Gasteiger partial charge in [-0.05, 0) is 43.2 Å². The summed E-state index contributed by atoms with van der Waals surface area (Å²) in [6, 6.07) is 10.8. The number of carbonyl (C=O) groups is 1. The summed E-state index contributed by atoms with van der Waals surface area (Å²) in [6.07, 6.45) is 2.53. The van der Waals surface area contributed by atoms with Crippen LogP contribution in [0.2, 0.25) is 0 Å². The highest BCUT2D eigenvalue weighted by Gasteiger charge is 2.14. The Morgan fingerprint density at radius 3 is 2.74 bits per heavy atom. The number of nitrogens with zero attached hydrogens (tertiary/aromatic N) is 1. The molecule has 0 spiro atoms. The van der Waals surface area contributed by atoms with Gasteiger partial charge in [0.1, 0.15) is 5.69 Å². The van der Waals surface area contributed by atoms with E-state index in [0.29, 0.717) is 23.8 Å². The lowest BCUT2D eigenvalue weighted by Crippen LogP contribution is -2.27. The molecule has 0 radical (unpaired) electrons. The highest BCUT2D eigenvalue weighted by Crippen LogP contribution is 2.30. The lowest BCUT2D eigenvalue weighted by Gasteiger charge is -2.17. The molecule has 1 amide bonds. The number of aromatic nitrogens is 1. The van der Waals surface area contributed by atoms with Crippen molar-refractivity contribution in [2.24, 2.45) is 0 Å². The van der Waals surface area contributed by atoms with Gasteiger partial charge in [-0.3, -0.25) is 9.78 Å². The Kier molecular flexibility index (Phi) is 5.97. The standard InChI is InChI=1S/C18H22N2O3/c1-4-11-23-16-9-8-14(12-17(16)22-3)13(2)20-18(21)15-7-5-6-10-19-15/h5-10,12-13H,4,11H2,1-3H3,(H,20,21)/t13-/m1/s1. The van der Waals surface area contributed by atoms with Crippen molar-refractivity contribution in [1.82, 2.24) is 10.3 Å². The number of benzene rings is 1. The van der Waals surface area contributed by atoms with Gasteiger partial charge < -0.3 is 14.8 Å². The highest BCUT2D eigenvalue weighted by molar-refractivity contribution is 5.92. The van der Waals surface area contributed by atoms with E-state index in [2.05, 4.69) is 17.2 Å². The average molecular weight is 314 g/mol. The van der Waals surface area contributed by atoms with Gasteiger partial charge in [0.2, 0.25) is 0 Å². The Bertz CT molecular complexity index is 644. The van der Waals surface area contributed by atoms with E-state index in [0.717, 1.165) is 12.0 Å². The predicted molar refractivity (Wildman–Crippen MR) is 88.9 cm³/mol. The average Bonchev–Trinajstić information content (AvgIpc) is 2.60. The molecular formula is C18H22N2O3. The molecule has 0 saturated heterocycles. The first-order valence-corrected chi connectivity index (χ1v) is 7.68. The first-order valence-electron chi connectivity index (χ1n) is 7.68. The van der Waals surface area contributed by atoms with Crippen LogP contribution in [0.5, 0.6) is 11.5 Å². The number of hydrogen-bond donors (Lipinski definition) is 1. The lowest BCUT2D eigenvalue weighted by molar-refractivity contribution is 0.0935. The SMILES string of the molecule is CCCOc1ccc([C@@H](C)NC(=O)c2ccccn2)cc1OC. The topological polar surface area (TPSA) is 60.5 Å². The van der Waals surface area contributed by atoms with Crippen LogP contribution in [-0.2, 0) is 0 Å². The number of pyridine rings is 1. The van der Waals surface area contributed by atoms with Crippen LogP contribution in [0.25, 0.3) is 0 Å². The maximum Gasteiger partial charge on any atom is 0.270 e. The summed E-state index contributed by atoms with van der Waals surface area (Å²) < 4.78 is 11.0. The van der Waals surface area contributed by atoms with Crippen LogP contribution < -0.4 is 14.8 Å². The van der Waals surface area contributed by atoms with E-state index < -0.39 is 0 Å². The van der Waals surface area contributed by atoms with Crippen molar-refractivity contribution in [1.29, 1.82) is 0 Å². The van der Waals surface area contributed by atoms with Crippen LogP contribution in [0, 0.1) is 0 Å². The van der Waals surface area contributed by atoms with Crippen LogP contribution in [0.15, 0.2) is 42.6 Å². The molecule has 0 unspecified atom stereocenters. The smallest absolute Gasteiger partial charge is 0.270 e. The Balaban J connectivity index is 2.10. The molecule has 0 aliphatic heterocycles. The van der Waals surface area contributed by atoms with Gasteiger partial charge >= 0.3 is 0 Å². The molecule has 1 N–H and O–H groups in total. The summed E-state index contributed by atoms with van der Waals surface area (Å²) in [5.74, 6) is 1.17. The molecule has 5 heteroatoms. The van der Waals surface area contributed by atoms with Crippen LogP contribution in [-0.4, -0.2) is 24.6 Å². The third-order valence-electron chi connectivity index (χ3n) is 3.39. The van der Waals surface area contributed by atoms with Crippen molar-refractivity contribution >= 4 is 5.91 Å². The Morgan fingerprint density at radius 1 is 1.26 bits per heavy atom. The summed E-state index contributed by atoms with van der Waals surface area (Å²) in [5.41, 5.74) is 1.34. The summed E-state index contributed by atoms with van der Waals surface area (Å²) in [6.45, 7) is 4.61. The number of ether oxygens (including phenoxy) is 2. The van der Waals surface area contributed by atoms with E-state index >= 15 is 0 Å². The molecule has 0 bridgehead atoms. The third kappa shape index (κ3) is 4.45. The van der Waals surface area contributed by atoms with Gasteiger partial charge in [0.25, 0.3) is 5.91 Å². The van der Waals surface area contributed by atoms with Gasteiger partial charge in [0.05, 0.1) is 19.8 Å². The fourth-order valence-corrected chi connectivity index (χ4v) is 2.14. The first-order chi connectivity index (χ1) is 11.2. The molecule has 122 valence electrons. The molecule has 2 rings (SSSR count). The molecule has 1 aromatic carbocycles. The van der Waals surface area contributed by atoms with Gasteiger partial charge in [-0.15, -0.1) is 0 Å². The third-order valence-corrected chi connectivity index (χ3v) is 3.39. The van der Waals surface area contributed by atoms with Crippen molar-refractivity contribution in [2.45, 2.75) is 26.3 Å². The number of hydrogen-bond acceptors (Lipinski definition) is 4. The van der Waals surface area contributed by atoms with Crippen LogP contribution in [0.3, 0.4) is 0 Å². The number of carbonyl (C=O) groups excluding carboxylic acids is 1. The van der Waals surface area contributed by atoms with Crippen LogP contribution in [0.4, 0.5) is 0 Å². The summed E-state index contributed by atoms with van der Waals surface area (Å²) >= 11 is 0. The number of methoxy groups -OCH3 is 1. The molecule has 5 nitrogen and oxygen atoms in total. The van der Waals surface area contributed by atoms with E-state index in [9.17, 15) is 4.79 Å². The monoisotopic (exact) mass is 314 g/mol. The Hall–Kier alpha value is -2.56. The lowest BCUT2D eigenvalue weighted by atomic mass is 10.1. The number of amides is 1. The summed E-state index contributed by atoms with van der Waals surface area (Å²) in [7, 11) is 1.61. The molecule has 0 aliphatic rings. The van der Waals surface area contributed by atoms with Gasteiger partial charge in [-0.25, -0.2) is 0 Å². The van der Waals surface area contributed by atoms with Crippen molar-refractivity contribution in [3.63, 3.8) is 0 Å². The fraction of sp³-hybridized carbons (Fsp3) is 0.333. The van der Waals surface area contributed by atoms with Gasteiger partial charge in [0, 0.05) is 6.20 Å². The summed E-state index contributed by atoms with van der Waals surface area (Å²) in [5, 5.41) is 2.93. The van der Waals surface area contributed by atoms with Crippen molar-refractivity contribution in [3.05, 3.63) is 53.9 Å². The second-order valence-corrected chi connectivity index (χ2v) is 5.17. The minimum Gasteiger partial charge on any atom is -0.493 e. The van der Waals surface area contributed by atoms with E-state index in [-0.39, 0.29) is 11.9 Å². The summed E-state index contributed by atoms with van der Waals surface area (Å²) in [4.78, 5) is 16.2. The van der Waals surface area contributed by atoms with Crippen LogP contribution in [0.1, 0.15) is 42.4 Å². The molecular weight excluding hydrogens is 292 g/mol. The molecule has 2 aromatic rings. The normalized spacial score (nSPS) is 11.6. The second-order valence-electron chi connectivity index (χ2n) is 5.17. The van der Waals surface area contributed by atoms with E-state index in [1.165, 1.54) is 0 Å².